The molecule has 1 aromatic heterocycles. The molecule has 2 aromatic carbocycles. The van der Waals surface area contributed by atoms with Gasteiger partial charge in [0.05, 0.1) is 17.9 Å². The van der Waals surface area contributed by atoms with Crippen LogP contribution in [0.15, 0.2) is 58.3 Å². The molecule has 3 N–H and O–H groups in total. The second-order valence-corrected chi connectivity index (χ2v) is 9.01. The number of urea groups is 1. The van der Waals surface area contributed by atoms with Gasteiger partial charge in [-0.3, -0.25) is 20.2 Å². The van der Waals surface area contributed by atoms with E-state index >= 15 is 0 Å². The van der Waals surface area contributed by atoms with E-state index in [2.05, 4.69) is 55.3 Å². The lowest BCUT2D eigenvalue weighted by Crippen LogP contribution is -2.57. The monoisotopic (exact) mass is 452 g/mol. The number of nitrogens with one attached hydrogen (secondary N) is 3. The van der Waals surface area contributed by atoms with E-state index in [1.807, 2.05) is 24.3 Å². The zero-order valence-electron chi connectivity index (χ0n) is 16.0. The topological polar surface area (TPSA) is 116 Å². The minimum atomic E-state index is -1.01. The van der Waals surface area contributed by atoms with Gasteiger partial charge in [-0.2, -0.15) is 0 Å². The summed E-state index contributed by atoms with van der Waals surface area (Å²) in [5.74, 6) is -2.28. The third-order valence-corrected chi connectivity index (χ3v) is 6.85. The third kappa shape index (κ3) is 3.84. The van der Waals surface area contributed by atoms with Crippen molar-refractivity contribution in [2.75, 3.05) is 16.8 Å². The van der Waals surface area contributed by atoms with Crippen LogP contribution in [-0.4, -0.2) is 34.6 Å². The van der Waals surface area contributed by atoms with Crippen molar-refractivity contribution in [1.82, 2.24) is 20.8 Å². The molecule has 0 unspecified atom stereocenters. The Kier molecular flexibility index (Phi) is 5.04. The maximum absolute atomic E-state index is 11.9. The quantitative estimate of drug-likeness (QED) is 0.506. The number of fused-ring (bicyclic) bond motifs is 2. The van der Waals surface area contributed by atoms with Gasteiger partial charge in [0.1, 0.15) is 10.9 Å². The van der Waals surface area contributed by atoms with Crippen LogP contribution in [0.25, 0.3) is 0 Å². The van der Waals surface area contributed by atoms with Crippen molar-refractivity contribution in [2.45, 2.75) is 16.3 Å². The number of carbonyl (C=O) groups excluding carboxylic acids is 3. The number of para-hydroxylation sites is 2. The normalized spacial score (nSPS) is 15.7. The van der Waals surface area contributed by atoms with E-state index < -0.39 is 23.8 Å². The van der Waals surface area contributed by atoms with Gasteiger partial charge in [-0.05, 0) is 24.3 Å². The highest BCUT2D eigenvalue weighted by atomic mass is 32.2. The van der Waals surface area contributed by atoms with E-state index in [1.165, 1.54) is 21.1 Å². The van der Waals surface area contributed by atoms with Crippen LogP contribution in [0.4, 0.5) is 21.3 Å². The highest BCUT2D eigenvalue weighted by molar-refractivity contribution is 7.99. The third-order valence-electron chi connectivity index (χ3n) is 4.86. The van der Waals surface area contributed by atoms with Crippen LogP contribution in [0.1, 0.15) is 5.01 Å². The minimum absolute atomic E-state index is 0.0194. The zero-order chi connectivity index (χ0) is 21.4. The highest BCUT2D eigenvalue weighted by Crippen LogP contribution is 2.48. The van der Waals surface area contributed by atoms with Crippen molar-refractivity contribution in [2.24, 2.45) is 5.92 Å². The van der Waals surface area contributed by atoms with Crippen molar-refractivity contribution in [3.8, 4) is 0 Å². The van der Waals surface area contributed by atoms with E-state index in [1.54, 1.807) is 11.8 Å². The first-order valence-electron chi connectivity index (χ1n) is 9.44. The van der Waals surface area contributed by atoms with Crippen LogP contribution < -0.4 is 20.9 Å². The van der Waals surface area contributed by atoms with Gasteiger partial charge in [-0.1, -0.05) is 47.4 Å². The molecule has 0 bridgehead atoms. The smallest absolute Gasteiger partial charge is 0.328 e. The Balaban J connectivity index is 1.32. The van der Waals surface area contributed by atoms with Crippen LogP contribution in [-0.2, 0) is 16.1 Å². The molecule has 1 fully saturated rings. The van der Waals surface area contributed by atoms with Crippen molar-refractivity contribution in [3.05, 3.63) is 53.5 Å². The Hall–Kier alpha value is -3.44. The Bertz CT molecular complexity index is 1130. The summed E-state index contributed by atoms with van der Waals surface area (Å²) in [4.78, 5) is 39.4. The molecule has 0 saturated carbocycles. The molecule has 2 aliphatic heterocycles. The Morgan fingerprint density at radius 1 is 0.903 bits per heavy atom. The van der Waals surface area contributed by atoms with E-state index in [-0.39, 0.29) is 6.54 Å². The number of aromatic nitrogens is 2. The Labute approximate surface area is 185 Å². The number of barbiturate groups is 1. The lowest BCUT2D eigenvalue weighted by Gasteiger charge is -2.31. The number of hydrogen-bond donors (Lipinski definition) is 3. The first-order chi connectivity index (χ1) is 15.1. The van der Waals surface area contributed by atoms with Crippen molar-refractivity contribution in [1.29, 1.82) is 0 Å². The predicted molar refractivity (Wildman–Crippen MR) is 116 cm³/mol. The van der Waals surface area contributed by atoms with Crippen LogP contribution in [0, 0.1) is 5.92 Å². The number of nitrogens with zero attached hydrogens (tertiary/aromatic N) is 3. The first kappa shape index (κ1) is 19.5. The van der Waals surface area contributed by atoms with Gasteiger partial charge in [0.25, 0.3) is 0 Å². The molecule has 31 heavy (non-hydrogen) atoms. The van der Waals surface area contributed by atoms with Crippen LogP contribution >= 0.6 is 23.1 Å². The van der Waals surface area contributed by atoms with E-state index in [0.29, 0.717) is 11.7 Å². The van der Waals surface area contributed by atoms with Crippen LogP contribution in [0.3, 0.4) is 0 Å². The van der Waals surface area contributed by atoms with Crippen LogP contribution in [0.5, 0.6) is 0 Å². The fourth-order valence-corrected chi connectivity index (χ4v) is 5.23. The second-order valence-electron chi connectivity index (χ2n) is 6.87. The average Bonchev–Trinajstić information content (AvgIpc) is 3.20. The van der Waals surface area contributed by atoms with E-state index in [4.69, 9.17) is 0 Å². The van der Waals surface area contributed by atoms with Gasteiger partial charge in [0.15, 0.2) is 0 Å². The van der Waals surface area contributed by atoms with Gasteiger partial charge in [0, 0.05) is 16.3 Å². The van der Waals surface area contributed by atoms with Gasteiger partial charge >= 0.3 is 6.03 Å². The molecule has 0 aliphatic carbocycles. The molecule has 0 atom stereocenters. The summed E-state index contributed by atoms with van der Waals surface area (Å²) in [7, 11) is 0. The fourth-order valence-electron chi connectivity index (χ4n) is 3.40. The maximum Gasteiger partial charge on any atom is 0.328 e. The van der Waals surface area contributed by atoms with Crippen molar-refractivity contribution >= 4 is 57.5 Å². The number of hydrogen-bond acceptors (Lipinski definition) is 9. The Morgan fingerprint density at radius 3 is 2.16 bits per heavy atom. The van der Waals surface area contributed by atoms with Gasteiger partial charge < -0.3 is 10.2 Å². The number of rotatable bonds is 5. The molecule has 156 valence electrons. The molecule has 4 amide bonds. The number of imide groups is 2. The SMILES string of the molecule is O=C1NC(=O)C(CNc2nnc(CN3c4ccccc4Sc4ccccc43)s2)C(=O)N1. The average molecular weight is 453 g/mol. The maximum atomic E-state index is 11.9. The fraction of sp³-hybridized carbons (Fsp3) is 0.150. The molecule has 11 heteroatoms. The largest absolute Gasteiger partial charge is 0.359 e. The number of benzene rings is 2. The molecule has 0 radical (unpaired) electrons. The second kappa shape index (κ2) is 8.00. The van der Waals surface area contributed by atoms with E-state index in [9.17, 15) is 14.4 Å². The number of amides is 4. The molecule has 1 saturated heterocycles. The molecule has 5 rings (SSSR count). The lowest BCUT2D eigenvalue weighted by atomic mass is 10.1. The summed E-state index contributed by atoms with van der Waals surface area (Å²) in [5, 5.41) is 16.8. The lowest BCUT2D eigenvalue weighted by molar-refractivity contribution is -0.135. The molecule has 2 aliphatic rings. The Morgan fingerprint density at radius 2 is 1.52 bits per heavy atom. The zero-order valence-corrected chi connectivity index (χ0v) is 17.6. The molecule has 3 aromatic rings. The molecular weight excluding hydrogens is 436 g/mol. The summed E-state index contributed by atoms with van der Waals surface area (Å²) < 4.78 is 0. The summed E-state index contributed by atoms with van der Waals surface area (Å²) >= 11 is 3.10. The highest BCUT2D eigenvalue weighted by Gasteiger charge is 2.34. The summed E-state index contributed by atoms with van der Waals surface area (Å²) in [6.45, 7) is 0.554. The standard InChI is InChI=1S/C20H16N6O3S2/c27-17-11(18(28)23-19(29)22-17)9-21-20-25-24-16(31-20)10-26-12-5-1-3-7-14(12)30-15-8-4-2-6-13(15)26/h1-8,11H,9-10H2,(H,21,25)(H2,22,23,27,28,29). The van der Waals surface area contributed by atoms with Crippen molar-refractivity contribution < 1.29 is 14.4 Å². The first-order valence-corrected chi connectivity index (χ1v) is 11.1. The van der Waals surface area contributed by atoms with Crippen LogP contribution in [0.2, 0.25) is 0 Å². The molecule has 0 spiro atoms. The molecule has 3 heterocycles. The predicted octanol–water partition coefficient (Wildman–Crippen LogP) is 2.74. The molecular formula is C20H16N6O3S2. The van der Waals surface area contributed by atoms with Gasteiger partial charge in [-0.25, -0.2) is 4.79 Å². The summed E-state index contributed by atoms with van der Waals surface area (Å²) in [6, 6.07) is 15.6. The molecule has 9 nitrogen and oxygen atoms in total. The number of anilines is 3. The van der Waals surface area contributed by atoms with Crippen molar-refractivity contribution in [3.63, 3.8) is 0 Å². The minimum Gasteiger partial charge on any atom is -0.359 e. The summed E-state index contributed by atoms with van der Waals surface area (Å²) in [5.41, 5.74) is 2.22. The van der Waals surface area contributed by atoms with Gasteiger partial charge in [0.2, 0.25) is 16.9 Å². The summed E-state index contributed by atoms with van der Waals surface area (Å²) in [6.07, 6.45) is 0. The van der Waals surface area contributed by atoms with E-state index in [0.717, 1.165) is 16.4 Å². The number of carbonyl (C=O) groups is 3. The van der Waals surface area contributed by atoms with Gasteiger partial charge in [-0.15, -0.1) is 10.2 Å².